The zero-order valence-corrected chi connectivity index (χ0v) is 6.81. The summed E-state index contributed by atoms with van der Waals surface area (Å²) >= 11 is 0. The van der Waals surface area contributed by atoms with Crippen LogP contribution in [0.4, 0.5) is 5.82 Å². The number of fused-ring (bicyclic) bond motifs is 3. The third-order valence-electron chi connectivity index (χ3n) is 2.05. The molecule has 13 heavy (non-hydrogen) atoms. The first-order valence-electron chi connectivity index (χ1n) is 4.03. The van der Waals surface area contributed by atoms with Gasteiger partial charge in [0.05, 0.1) is 6.54 Å². The quantitative estimate of drug-likeness (QED) is 0.633. The normalized spacial score (nSPS) is 12.9. The van der Waals surface area contributed by atoms with E-state index in [1.165, 1.54) is 0 Å². The molecule has 0 spiro atoms. The zero-order valence-electron chi connectivity index (χ0n) is 6.81. The van der Waals surface area contributed by atoms with Gasteiger partial charge in [0.1, 0.15) is 12.0 Å². The monoisotopic (exact) mass is 173 g/mol. The highest BCUT2D eigenvalue weighted by Gasteiger charge is 2.16. The first kappa shape index (κ1) is 6.59. The summed E-state index contributed by atoms with van der Waals surface area (Å²) in [6, 6.07) is 3.85. The second-order valence-corrected chi connectivity index (χ2v) is 2.81. The summed E-state index contributed by atoms with van der Waals surface area (Å²) in [6.07, 6.45) is 3.31. The van der Waals surface area contributed by atoms with Crippen LogP contribution in [0.15, 0.2) is 24.7 Å². The van der Waals surface area contributed by atoms with Gasteiger partial charge in [-0.2, -0.15) is 5.10 Å². The van der Waals surface area contributed by atoms with Crippen LogP contribution in [0.2, 0.25) is 0 Å². The minimum atomic E-state index is 0.685. The molecular weight excluding hydrogens is 166 g/mol. The Labute approximate surface area is 74.4 Å². The lowest BCUT2D eigenvalue weighted by molar-refractivity contribution is 0.775. The van der Waals surface area contributed by atoms with Crippen LogP contribution in [0.1, 0.15) is 5.82 Å². The average molecular weight is 173 g/mol. The Kier molecular flexibility index (Phi) is 1.16. The maximum Gasteiger partial charge on any atom is 0.152 e. The van der Waals surface area contributed by atoms with Crippen LogP contribution in [0, 0.1) is 0 Å². The van der Waals surface area contributed by atoms with Crippen molar-refractivity contribution in [2.24, 2.45) is 0 Å². The lowest BCUT2D eigenvalue weighted by Crippen LogP contribution is -2.17. The number of pyridine rings is 1. The Hall–Kier alpha value is -1.91. The number of aromatic nitrogens is 4. The number of rotatable bonds is 0. The SMILES string of the molecule is c1cnc2c(c1)-n1ncnc1CN2. The predicted molar refractivity (Wildman–Crippen MR) is 46.5 cm³/mol. The van der Waals surface area contributed by atoms with Gasteiger partial charge in [-0.25, -0.2) is 14.6 Å². The van der Waals surface area contributed by atoms with Crippen molar-refractivity contribution < 1.29 is 0 Å². The van der Waals surface area contributed by atoms with Crippen molar-refractivity contribution in [3.63, 3.8) is 0 Å². The first-order valence-corrected chi connectivity index (χ1v) is 4.03. The Morgan fingerprint density at radius 2 is 2.38 bits per heavy atom. The molecule has 64 valence electrons. The second kappa shape index (κ2) is 2.29. The van der Waals surface area contributed by atoms with Gasteiger partial charge in [0.25, 0.3) is 0 Å². The molecule has 0 aliphatic carbocycles. The van der Waals surface area contributed by atoms with Crippen molar-refractivity contribution >= 4 is 5.82 Å². The van der Waals surface area contributed by atoms with E-state index in [9.17, 15) is 0 Å². The van der Waals surface area contributed by atoms with Crippen molar-refractivity contribution in [1.29, 1.82) is 0 Å². The third kappa shape index (κ3) is 0.837. The van der Waals surface area contributed by atoms with E-state index in [4.69, 9.17) is 0 Å². The molecule has 5 nitrogen and oxygen atoms in total. The smallest absolute Gasteiger partial charge is 0.152 e. The fraction of sp³-hybridized carbons (Fsp3) is 0.125. The van der Waals surface area contributed by atoms with Crippen LogP contribution in [0.5, 0.6) is 0 Å². The third-order valence-corrected chi connectivity index (χ3v) is 2.05. The summed E-state index contributed by atoms with van der Waals surface area (Å²) in [5.74, 6) is 1.78. The predicted octanol–water partition coefficient (Wildman–Crippen LogP) is 0.588. The molecule has 1 aliphatic heterocycles. The Morgan fingerprint density at radius 1 is 1.38 bits per heavy atom. The Balaban J connectivity index is 2.30. The number of anilines is 1. The van der Waals surface area contributed by atoms with Crippen LogP contribution in [0.3, 0.4) is 0 Å². The van der Waals surface area contributed by atoms with Crippen LogP contribution in [0.25, 0.3) is 5.69 Å². The van der Waals surface area contributed by atoms with Crippen molar-refractivity contribution in [3.05, 3.63) is 30.5 Å². The summed E-state index contributed by atoms with van der Waals surface area (Å²) in [7, 11) is 0. The van der Waals surface area contributed by atoms with Crippen LogP contribution in [-0.2, 0) is 6.54 Å². The topological polar surface area (TPSA) is 55.6 Å². The lowest BCUT2D eigenvalue weighted by Gasteiger charge is -2.16. The Morgan fingerprint density at radius 3 is 3.38 bits per heavy atom. The maximum absolute atomic E-state index is 4.20. The van der Waals surface area contributed by atoms with Gasteiger partial charge in [0, 0.05) is 6.20 Å². The molecular formula is C8H7N5. The van der Waals surface area contributed by atoms with Crippen LogP contribution in [-0.4, -0.2) is 19.7 Å². The van der Waals surface area contributed by atoms with Gasteiger partial charge in [-0.1, -0.05) is 0 Å². The molecule has 0 saturated carbocycles. The van der Waals surface area contributed by atoms with E-state index < -0.39 is 0 Å². The number of nitrogens with one attached hydrogen (secondary N) is 1. The van der Waals surface area contributed by atoms with E-state index in [0.717, 1.165) is 17.3 Å². The molecule has 0 saturated heterocycles. The molecule has 0 unspecified atom stereocenters. The molecule has 3 heterocycles. The fourth-order valence-corrected chi connectivity index (χ4v) is 1.45. The molecule has 1 N–H and O–H groups in total. The maximum atomic E-state index is 4.20. The number of hydrogen-bond donors (Lipinski definition) is 1. The summed E-state index contributed by atoms with van der Waals surface area (Å²) < 4.78 is 1.80. The van der Waals surface area contributed by atoms with Crippen molar-refractivity contribution in [1.82, 2.24) is 19.7 Å². The Bertz CT molecular complexity index is 447. The van der Waals surface area contributed by atoms with Gasteiger partial charge in [-0.3, -0.25) is 0 Å². The summed E-state index contributed by atoms with van der Waals surface area (Å²) in [5.41, 5.74) is 0.959. The highest BCUT2D eigenvalue weighted by molar-refractivity contribution is 5.57. The lowest BCUT2D eigenvalue weighted by atomic mass is 10.3. The summed E-state index contributed by atoms with van der Waals surface area (Å²) in [4.78, 5) is 8.32. The van der Waals surface area contributed by atoms with E-state index in [0.29, 0.717) is 6.54 Å². The van der Waals surface area contributed by atoms with Crippen molar-refractivity contribution in [3.8, 4) is 5.69 Å². The molecule has 1 aliphatic rings. The minimum Gasteiger partial charge on any atom is -0.361 e. The molecule has 0 fully saturated rings. The molecule has 3 rings (SSSR count). The van der Waals surface area contributed by atoms with Crippen LogP contribution >= 0.6 is 0 Å². The van der Waals surface area contributed by atoms with E-state index in [1.807, 2.05) is 12.1 Å². The zero-order chi connectivity index (χ0) is 8.67. The number of hydrogen-bond acceptors (Lipinski definition) is 4. The van der Waals surface area contributed by atoms with Gasteiger partial charge in [0.2, 0.25) is 0 Å². The van der Waals surface area contributed by atoms with E-state index in [-0.39, 0.29) is 0 Å². The minimum absolute atomic E-state index is 0.685. The largest absolute Gasteiger partial charge is 0.361 e. The molecule has 0 amide bonds. The second-order valence-electron chi connectivity index (χ2n) is 2.81. The van der Waals surface area contributed by atoms with Gasteiger partial charge in [-0.15, -0.1) is 0 Å². The van der Waals surface area contributed by atoms with E-state index >= 15 is 0 Å². The van der Waals surface area contributed by atoms with Crippen molar-refractivity contribution in [2.75, 3.05) is 5.32 Å². The molecule has 5 heteroatoms. The van der Waals surface area contributed by atoms with Gasteiger partial charge >= 0.3 is 0 Å². The fourth-order valence-electron chi connectivity index (χ4n) is 1.45. The molecule has 0 bridgehead atoms. The van der Waals surface area contributed by atoms with E-state index in [1.54, 1.807) is 17.2 Å². The highest BCUT2D eigenvalue weighted by Crippen LogP contribution is 2.21. The van der Waals surface area contributed by atoms with Gasteiger partial charge in [-0.05, 0) is 12.1 Å². The number of nitrogens with zero attached hydrogens (tertiary/aromatic N) is 4. The van der Waals surface area contributed by atoms with Gasteiger partial charge in [0.15, 0.2) is 11.6 Å². The van der Waals surface area contributed by atoms with Crippen molar-refractivity contribution in [2.45, 2.75) is 6.54 Å². The van der Waals surface area contributed by atoms with Gasteiger partial charge < -0.3 is 5.32 Å². The molecule has 0 atom stereocenters. The standard InChI is InChI=1S/C8H7N5/c1-2-6-8(9-3-1)10-4-7-11-5-12-13(6)7/h1-3,5H,4H2,(H,9,10). The highest BCUT2D eigenvalue weighted by atomic mass is 15.4. The molecule has 2 aromatic heterocycles. The molecule has 2 aromatic rings. The first-order chi connectivity index (χ1) is 6.45. The molecule has 0 aromatic carbocycles. The van der Waals surface area contributed by atoms with E-state index in [2.05, 4.69) is 20.4 Å². The van der Waals surface area contributed by atoms with Crippen LogP contribution < -0.4 is 5.32 Å². The summed E-state index contributed by atoms with van der Waals surface area (Å²) in [6.45, 7) is 0.685. The average Bonchev–Trinajstić information content (AvgIpc) is 2.65. The molecule has 0 radical (unpaired) electrons. The summed E-state index contributed by atoms with van der Waals surface area (Å²) in [5, 5.41) is 7.29.